The Morgan fingerprint density at radius 3 is 2.50 bits per heavy atom. The number of piperidine rings is 1. The van der Waals surface area contributed by atoms with Crippen LogP contribution >= 0.6 is 11.6 Å². The summed E-state index contributed by atoms with van der Waals surface area (Å²) < 4.78 is 0. The van der Waals surface area contributed by atoms with Gasteiger partial charge in [0.25, 0.3) is 0 Å². The molecule has 4 heteroatoms. The number of fused-ring (bicyclic) bond motifs is 2. The molecule has 2 aliphatic rings. The minimum Gasteiger partial charge on any atom is -0.393 e. The molecule has 2 saturated heterocycles. The molecule has 2 fully saturated rings. The van der Waals surface area contributed by atoms with Crippen LogP contribution < -0.4 is 0 Å². The lowest BCUT2D eigenvalue weighted by Gasteiger charge is -2.37. The van der Waals surface area contributed by atoms with Crippen molar-refractivity contribution in [3.8, 4) is 0 Å². The Morgan fingerprint density at radius 2 is 1.85 bits per heavy atom. The Bertz CT molecular complexity index is 454. The summed E-state index contributed by atoms with van der Waals surface area (Å²) >= 11 is 6.12. The second kappa shape index (κ2) is 6.02. The van der Waals surface area contributed by atoms with Crippen molar-refractivity contribution in [1.29, 1.82) is 0 Å². The fourth-order valence-corrected chi connectivity index (χ4v) is 4.04. The third kappa shape index (κ3) is 2.86. The monoisotopic (exact) mass is 295 g/mol. The van der Waals surface area contributed by atoms with Crippen molar-refractivity contribution < 1.29 is 10.2 Å². The summed E-state index contributed by atoms with van der Waals surface area (Å²) in [6.07, 6.45) is 4.21. The van der Waals surface area contributed by atoms with Crippen LogP contribution in [0.15, 0.2) is 24.3 Å². The molecule has 3 rings (SSSR count). The summed E-state index contributed by atoms with van der Waals surface area (Å²) in [5, 5.41) is 20.8. The Balaban J connectivity index is 1.59. The largest absolute Gasteiger partial charge is 0.393 e. The van der Waals surface area contributed by atoms with Crippen molar-refractivity contribution >= 4 is 11.6 Å². The lowest BCUT2D eigenvalue weighted by Crippen LogP contribution is -2.45. The van der Waals surface area contributed by atoms with Gasteiger partial charge in [-0.1, -0.05) is 29.8 Å². The number of nitrogens with zero attached hydrogens (tertiary/aromatic N) is 1. The summed E-state index contributed by atoms with van der Waals surface area (Å²) in [7, 11) is 0. The molecule has 1 aromatic rings. The molecular formula is C16H22ClNO2. The van der Waals surface area contributed by atoms with Gasteiger partial charge in [-0.05, 0) is 43.7 Å². The first-order chi connectivity index (χ1) is 9.65. The van der Waals surface area contributed by atoms with Gasteiger partial charge in [0, 0.05) is 23.7 Å². The summed E-state index contributed by atoms with van der Waals surface area (Å²) in [4.78, 5) is 2.48. The topological polar surface area (TPSA) is 43.7 Å². The van der Waals surface area contributed by atoms with E-state index < -0.39 is 6.10 Å². The zero-order chi connectivity index (χ0) is 14.1. The highest BCUT2D eigenvalue weighted by molar-refractivity contribution is 6.31. The molecule has 3 nitrogen and oxygen atoms in total. The number of halogens is 1. The predicted molar refractivity (Wildman–Crippen MR) is 79.8 cm³/mol. The van der Waals surface area contributed by atoms with Crippen molar-refractivity contribution in [2.45, 2.75) is 56.4 Å². The van der Waals surface area contributed by atoms with Gasteiger partial charge in [-0.2, -0.15) is 0 Å². The van der Waals surface area contributed by atoms with Gasteiger partial charge in [-0.15, -0.1) is 0 Å². The van der Waals surface area contributed by atoms with Crippen LogP contribution in [-0.4, -0.2) is 39.8 Å². The van der Waals surface area contributed by atoms with Gasteiger partial charge in [0.2, 0.25) is 0 Å². The molecule has 2 N–H and O–H groups in total. The molecule has 2 aliphatic heterocycles. The van der Waals surface area contributed by atoms with Gasteiger partial charge < -0.3 is 10.2 Å². The number of hydrogen-bond donors (Lipinski definition) is 2. The zero-order valence-electron chi connectivity index (χ0n) is 11.6. The van der Waals surface area contributed by atoms with Crippen LogP contribution in [0.4, 0.5) is 0 Å². The normalized spacial score (nSPS) is 31.4. The van der Waals surface area contributed by atoms with Crippen LogP contribution in [0, 0.1) is 0 Å². The van der Waals surface area contributed by atoms with E-state index in [1.54, 1.807) is 0 Å². The maximum atomic E-state index is 10.3. The van der Waals surface area contributed by atoms with Gasteiger partial charge in [0.15, 0.2) is 0 Å². The number of aliphatic hydroxyl groups excluding tert-OH is 2. The van der Waals surface area contributed by atoms with E-state index in [0.717, 1.165) is 24.9 Å². The number of rotatable bonds is 4. The van der Waals surface area contributed by atoms with E-state index in [-0.39, 0.29) is 6.10 Å². The highest BCUT2D eigenvalue weighted by atomic mass is 35.5. The minimum absolute atomic E-state index is 0.128. The van der Waals surface area contributed by atoms with Gasteiger partial charge in [-0.3, -0.25) is 4.90 Å². The second-order valence-corrected chi connectivity index (χ2v) is 6.48. The molecule has 1 aromatic carbocycles. The van der Waals surface area contributed by atoms with Gasteiger partial charge >= 0.3 is 0 Å². The van der Waals surface area contributed by atoms with Crippen LogP contribution in [-0.2, 0) is 0 Å². The summed E-state index contributed by atoms with van der Waals surface area (Å²) in [6, 6.07) is 8.50. The molecule has 0 saturated carbocycles. The lowest BCUT2D eigenvalue weighted by atomic mass is 9.98. The molecule has 3 unspecified atom stereocenters. The lowest BCUT2D eigenvalue weighted by molar-refractivity contribution is 0.0266. The number of benzene rings is 1. The smallest absolute Gasteiger partial charge is 0.0816 e. The molecule has 110 valence electrons. The first kappa shape index (κ1) is 14.3. The first-order valence-electron chi connectivity index (χ1n) is 7.51. The van der Waals surface area contributed by atoms with Crippen molar-refractivity contribution in [2.24, 2.45) is 0 Å². The van der Waals surface area contributed by atoms with E-state index in [1.807, 2.05) is 24.3 Å². The molecular weight excluding hydrogens is 274 g/mol. The maximum absolute atomic E-state index is 10.3. The van der Waals surface area contributed by atoms with Gasteiger partial charge in [-0.25, -0.2) is 0 Å². The average molecular weight is 296 g/mol. The molecule has 3 atom stereocenters. The Kier molecular flexibility index (Phi) is 4.32. The molecule has 0 aromatic heterocycles. The van der Waals surface area contributed by atoms with E-state index >= 15 is 0 Å². The van der Waals surface area contributed by atoms with Gasteiger partial charge in [0.1, 0.15) is 0 Å². The van der Waals surface area contributed by atoms with Crippen molar-refractivity contribution in [3.63, 3.8) is 0 Å². The molecule has 0 radical (unpaired) electrons. The number of hydrogen-bond acceptors (Lipinski definition) is 3. The third-order valence-corrected chi connectivity index (χ3v) is 5.13. The van der Waals surface area contributed by atoms with Crippen molar-refractivity contribution in [3.05, 3.63) is 34.9 Å². The SMILES string of the molecule is OC1CC2CCC(C1)N2CCC(O)c1ccccc1Cl. The van der Waals surface area contributed by atoms with E-state index in [9.17, 15) is 10.2 Å². The van der Waals surface area contributed by atoms with Crippen LogP contribution in [0.5, 0.6) is 0 Å². The van der Waals surface area contributed by atoms with E-state index in [1.165, 1.54) is 12.8 Å². The molecule has 0 aliphatic carbocycles. The standard InChI is InChI=1S/C16H22ClNO2/c17-15-4-2-1-3-14(15)16(20)7-8-18-11-5-6-12(18)10-13(19)9-11/h1-4,11-13,16,19-20H,5-10H2. The fourth-order valence-electron chi connectivity index (χ4n) is 3.78. The van der Waals surface area contributed by atoms with E-state index in [4.69, 9.17) is 11.6 Å². The molecule has 0 amide bonds. The van der Waals surface area contributed by atoms with E-state index in [0.29, 0.717) is 23.5 Å². The highest BCUT2D eigenvalue weighted by Crippen LogP contribution is 2.36. The molecule has 0 spiro atoms. The van der Waals surface area contributed by atoms with Crippen LogP contribution in [0.1, 0.15) is 43.8 Å². The molecule has 20 heavy (non-hydrogen) atoms. The quantitative estimate of drug-likeness (QED) is 0.898. The summed E-state index contributed by atoms with van der Waals surface area (Å²) in [5.74, 6) is 0. The third-order valence-electron chi connectivity index (χ3n) is 4.78. The van der Waals surface area contributed by atoms with Crippen molar-refractivity contribution in [2.75, 3.05) is 6.54 Å². The average Bonchev–Trinajstić information content (AvgIpc) is 2.67. The van der Waals surface area contributed by atoms with Crippen LogP contribution in [0.2, 0.25) is 5.02 Å². The van der Waals surface area contributed by atoms with Gasteiger partial charge in [0.05, 0.1) is 12.2 Å². The maximum Gasteiger partial charge on any atom is 0.0816 e. The fraction of sp³-hybridized carbons (Fsp3) is 0.625. The Labute approximate surface area is 125 Å². The summed E-state index contributed by atoms with van der Waals surface area (Å²) in [5.41, 5.74) is 0.818. The molecule has 2 heterocycles. The number of aliphatic hydroxyl groups is 2. The highest BCUT2D eigenvalue weighted by Gasteiger charge is 2.39. The Hall–Kier alpha value is -0.610. The predicted octanol–water partition coefficient (Wildman–Crippen LogP) is 2.75. The van der Waals surface area contributed by atoms with E-state index in [2.05, 4.69) is 4.90 Å². The first-order valence-corrected chi connectivity index (χ1v) is 7.89. The summed E-state index contributed by atoms with van der Waals surface area (Å²) in [6.45, 7) is 0.883. The van der Waals surface area contributed by atoms with Crippen LogP contribution in [0.3, 0.4) is 0 Å². The minimum atomic E-state index is -0.505. The second-order valence-electron chi connectivity index (χ2n) is 6.07. The van der Waals surface area contributed by atoms with Crippen molar-refractivity contribution in [1.82, 2.24) is 4.90 Å². The Morgan fingerprint density at radius 1 is 1.20 bits per heavy atom. The zero-order valence-corrected chi connectivity index (χ0v) is 12.3. The van der Waals surface area contributed by atoms with Crippen LogP contribution in [0.25, 0.3) is 0 Å². The molecule has 2 bridgehead atoms.